The number of carbonyl (C=O) groups excluding carboxylic acids is 1. The van der Waals surface area contributed by atoms with E-state index in [1.165, 1.54) is 0 Å². The Balaban J connectivity index is 2.14. The van der Waals surface area contributed by atoms with Gasteiger partial charge in [-0.05, 0) is 13.5 Å². The lowest BCUT2D eigenvalue weighted by Crippen LogP contribution is -2.59. The maximum absolute atomic E-state index is 11.1. The first-order valence-corrected chi connectivity index (χ1v) is 4.86. The molecule has 1 heterocycles. The molecule has 0 spiro atoms. The fourth-order valence-electron chi connectivity index (χ4n) is 1.24. The lowest BCUT2D eigenvalue weighted by atomic mass is 10.1. The molecule has 0 aliphatic carbocycles. The molecule has 0 radical (unpaired) electrons. The Morgan fingerprint density at radius 2 is 2.33 bits per heavy atom. The minimum absolute atomic E-state index is 0.0408. The quantitative estimate of drug-likeness (QED) is 0.617. The summed E-state index contributed by atoms with van der Waals surface area (Å²) in [6, 6.07) is 0.354. The van der Waals surface area contributed by atoms with E-state index in [4.69, 9.17) is 0 Å². The Kier molecular flexibility index (Phi) is 3.40. The number of likely N-dealkylation sites (tertiary alicyclic amines) is 1. The van der Waals surface area contributed by atoms with Gasteiger partial charge in [-0.3, -0.25) is 9.69 Å². The van der Waals surface area contributed by atoms with Crippen molar-refractivity contribution < 1.29 is 4.79 Å². The molecule has 1 amide bonds. The molecule has 70 valence electrons. The summed E-state index contributed by atoms with van der Waals surface area (Å²) in [4.78, 5) is 13.4. The molecule has 12 heavy (non-hydrogen) atoms. The van der Waals surface area contributed by atoms with Gasteiger partial charge in [0.25, 0.3) is 0 Å². The molecule has 1 aliphatic heterocycles. The third kappa shape index (κ3) is 2.38. The van der Waals surface area contributed by atoms with Crippen LogP contribution in [0.5, 0.6) is 0 Å². The van der Waals surface area contributed by atoms with Crippen molar-refractivity contribution in [2.75, 3.05) is 19.6 Å². The second kappa shape index (κ2) is 4.14. The Morgan fingerprint density at radius 3 is 2.75 bits per heavy atom. The number of hydrogen-bond acceptors (Lipinski definition) is 3. The fraction of sp³-hybridized carbons (Fsp3) is 0.875. The normalized spacial score (nSPS) is 21.6. The highest BCUT2D eigenvalue weighted by Crippen LogP contribution is 2.06. The van der Waals surface area contributed by atoms with E-state index >= 15 is 0 Å². The van der Waals surface area contributed by atoms with Crippen LogP contribution in [0.2, 0.25) is 0 Å². The number of thiol groups is 1. The molecule has 1 atom stereocenters. The van der Waals surface area contributed by atoms with Crippen LogP contribution in [0, 0.1) is 0 Å². The van der Waals surface area contributed by atoms with Crippen LogP contribution in [0.3, 0.4) is 0 Å². The van der Waals surface area contributed by atoms with Gasteiger partial charge in [-0.25, -0.2) is 0 Å². The zero-order valence-corrected chi connectivity index (χ0v) is 8.47. The molecule has 0 aromatic carbocycles. The van der Waals surface area contributed by atoms with E-state index in [-0.39, 0.29) is 11.2 Å². The third-order valence-electron chi connectivity index (χ3n) is 2.13. The SMILES string of the molecule is CCN1CC(NC(=O)C(C)S)C1. The number of rotatable bonds is 3. The van der Waals surface area contributed by atoms with Gasteiger partial charge in [0.05, 0.1) is 11.3 Å². The fourth-order valence-corrected chi connectivity index (χ4v) is 1.32. The van der Waals surface area contributed by atoms with Crippen molar-refractivity contribution in [3.63, 3.8) is 0 Å². The van der Waals surface area contributed by atoms with Gasteiger partial charge in [0.2, 0.25) is 5.91 Å². The number of likely N-dealkylation sites (N-methyl/N-ethyl adjacent to an activating group) is 1. The van der Waals surface area contributed by atoms with Gasteiger partial charge in [0, 0.05) is 13.1 Å². The number of amides is 1. The van der Waals surface area contributed by atoms with E-state index in [1.54, 1.807) is 6.92 Å². The van der Waals surface area contributed by atoms with Crippen LogP contribution >= 0.6 is 12.6 Å². The highest BCUT2D eigenvalue weighted by molar-refractivity contribution is 7.81. The average Bonchev–Trinajstić information content (AvgIpc) is 1.94. The van der Waals surface area contributed by atoms with Crippen molar-refractivity contribution in [3.05, 3.63) is 0 Å². The maximum Gasteiger partial charge on any atom is 0.232 e. The highest BCUT2D eigenvalue weighted by atomic mass is 32.1. The van der Waals surface area contributed by atoms with Gasteiger partial charge in [-0.1, -0.05) is 6.92 Å². The van der Waals surface area contributed by atoms with Crippen molar-refractivity contribution >= 4 is 18.5 Å². The lowest BCUT2D eigenvalue weighted by molar-refractivity contribution is -0.122. The van der Waals surface area contributed by atoms with Crippen LogP contribution in [0.1, 0.15) is 13.8 Å². The van der Waals surface area contributed by atoms with E-state index in [1.807, 2.05) is 0 Å². The molecule has 0 aromatic heterocycles. The van der Waals surface area contributed by atoms with E-state index in [9.17, 15) is 4.79 Å². The Hall–Kier alpha value is -0.220. The van der Waals surface area contributed by atoms with Crippen molar-refractivity contribution in [2.45, 2.75) is 25.1 Å². The summed E-state index contributed by atoms with van der Waals surface area (Å²) in [7, 11) is 0. The van der Waals surface area contributed by atoms with Crippen molar-refractivity contribution in [3.8, 4) is 0 Å². The summed E-state index contributed by atoms with van der Waals surface area (Å²) < 4.78 is 0. The predicted octanol–water partition coefficient (Wildman–Crippen LogP) is 0.125. The second-order valence-corrected chi connectivity index (χ2v) is 4.01. The van der Waals surface area contributed by atoms with Crippen molar-refractivity contribution in [2.24, 2.45) is 0 Å². The van der Waals surface area contributed by atoms with Crippen LogP contribution in [0.15, 0.2) is 0 Å². The number of nitrogens with one attached hydrogen (secondary N) is 1. The lowest BCUT2D eigenvalue weighted by Gasteiger charge is -2.39. The molecule has 0 bridgehead atoms. The smallest absolute Gasteiger partial charge is 0.232 e. The van der Waals surface area contributed by atoms with E-state index < -0.39 is 0 Å². The molecular formula is C8H16N2OS. The molecule has 1 rings (SSSR count). The minimum atomic E-state index is -0.194. The summed E-state index contributed by atoms with van der Waals surface area (Å²) >= 11 is 4.05. The summed E-state index contributed by atoms with van der Waals surface area (Å²) in [5.41, 5.74) is 0. The van der Waals surface area contributed by atoms with E-state index in [2.05, 4.69) is 29.8 Å². The highest BCUT2D eigenvalue weighted by Gasteiger charge is 2.26. The van der Waals surface area contributed by atoms with Gasteiger partial charge in [-0.2, -0.15) is 12.6 Å². The first-order chi connectivity index (χ1) is 5.63. The maximum atomic E-state index is 11.1. The van der Waals surface area contributed by atoms with Gasteiger partial charge < -0.3 is 5.32 Å². The van der Waals surface area contributed by atoms with Gasteiger partial charge in [0.1, 0.15) is 0 Å². The largest absolute Gasteiger partial charge is 0.350 e. The standard InChI is InChI=1S/C8H16N2OS/c1-3-10-4-7(5-10)9-8(11)6(2)12/h6-7,12H,3-5H2,1-2H3,(H,9,11). The van der Waals surface area contributed by atoms with Crippen LogP contribution in [-0.2, 0) is 4.79 Å². The Labute approximate surface area is 78.9 Å². The molecule has 0 aromatic rings. The third-order valence-corrected chi connectivity index (χ3v) is 2.36. The molecule has 0 saturated carbocycles. The molecule has 3 nitrogen and oxygen atoms in total. The average molecular weight is 188 g/mol. The first-order valence-electron chi connectivity index (χ1n) is 4.34. The van der Waals surface area contributed by atoms with Crippen LogP contribution in [-0.4, -0.2) is 41.7 Å². The van der Waals surface area contributed by atoms with E-state index in [0.717, 1.165) is 19.6 Å². The van der Waals surface area contributed by atoms with E-state index in [0.29, 0.717) is 6.04 Å². The zero-order chi connectivity index (χ0) is 9.14. The topological polar surface area (TPSA) is 32.3 Å². The van der Waals surface area contributed by atoms with Gasteiger partial charge in [0.15, 0.2) is 0 Å². The molecule has 4 heteroatoms. The van der Waals surface area contributed by atoms with Gasteiger partial charge in [-0.15, -0.1) is 0 Å². The summed E-state index contributed by atoms with van der Waals surface area (Å²) in [5.74, 6) is 0.0408. The monoisotopic (exact) mass is 188 g/mol. The molecule has 1 aliphatic rings. The van der Waals surface area contributed by atoms with Crippen LogP contribution < -0.4 is 5.32 Å². The number of carbonyl (C=O) groups is 1. The Morgan fingerprint density at radius 1 is 1.75 bits per heavy atom. The minimum Gasteiger partial charge on any atom is -0.350 e. The molecule has 1 saturated heterocycles. The molecular weight excluding hydrogens is 172 g/mol. The zero-order valence-electron chi connectivity index (χ0n) is 7.58. The van der Waals surface area contributed by atoms with Crippen LogP contribution in [0.25, 0.3) is 0 Å². The van der Waals surface area contributed by atoms with Crippen molar-refractivity contribution in [1.29, 1.82) is 0 Å². The molecule has 1 unspecified atom stereocenters. The number of hydrogen-bond donors (Lipinski definition) is 2. The molecule has 1 fully saturated rings. The summed E-state index contributed by atoms with van der Waals surface area (Å²) in [6.45, 7) is 6.96. The predicted molar refractivity (Wildman–Crippen MR) is 52.5 cm³/mol. The van der Waals surface area contributed by atoms with Gasteiger partial charge >= 0.3 is 0 Å². The second-order valence-electron chi connectivity index (χ2n) is 3.23. The van der Waals surface area contributed by atoms with Crippen LogP contribution in [0.4, 0.5) is 0 Å². The number of nitrogens with zero attached hydrogens (tertiary/aromatic N) is 1. The Bertz CT molecular complexity index is 166. The van der Waals surface area contributed by atoms with Crippen molar-refractivity contribution in [1.82, 2.24) is 10.2 Å². The first kappa shape index (κ1) is 9.86. The summed E-state index contributed by atoms with van der Waals surface area (Å²) in [5, 5.41) is 2.73. The molecule has 1 N–H and O–H groups in total. The summed E-state index contributed by atoms with van der Waals surface area (Å²) in [6.07, 6.45) is 0.